The lowest BCUT2D eigenvalue weighted by Gasteiger charge is -2.19. The van der Waals surface area contributed by atoms with Gasteiger partial charge in [-0.05, 0) is 30.7 Å². The van der Waals surface area contributed by atoms with Crippen LogP contribution in [0.3, 0.4) is 0 Å². The molecule has 0 aliphatic carbocycles. The first-order valence-electron chi connectivity index (χ1n) is 6.78. The van der Waals surface area contributed by atoms with Crippen molar-refractivity contribution in [2.75, 3.05) is 18.0 Å². The van der Waals surface area contributed by atoms with E-state index in [0.717, 1.165) is 29.4 Å². The van der Waals surface area contributed by atoms with Crippen LogP contribution >= 0.6 is 11.3 Å². The van der Waals surface area contributed by atoms with Gasteiger partial charge in [0.05, 0.1) is 12.1 Å². The van der Waals surface area contributed by atoms with Gasteiger partial charge in [0.1, 0.15) is 5.82 Å². The third kappa shape index (κ3) is 4.26. The second-order valence-corrected chi connectivity index (χ2v) is 5.49. The third-order valence-electron chi connectivity index (χ3n) is 2.99. The van der Waals surface area contributed by atoms with Gasteiger partial charge in [-0.1, -0.05) is 6.92 Å². The molecule has 0 bridgehead atoms. The van der Waals surface area contributed by atoms with Crippen molar-refractivity contribution in [1.29, 1.82) is 0 Å². The lowest BCUT2D eigenvalue weighted by molar-refractivity contribution is -0.136. The molecule has 0 fully saturated rings. The molecule has 21 heavy (non-hydrogen) atoms. The van der Waals surface area contributed by atoms with Crippen LogP contribution in [0.25, 0.3) is 11.3 Å². The van der Waals surface area contributed by atoms with Crippen molar-refractivity contribution in [1.82, 2.24) is 4.98 Å². The van der Waals surface area contributed by atoms with Crippen molar-refractivity contribution in [2.24, 2.45) is 0 Å². The molecule has 0 aliphatic heterocycles. The number of anilines is 1. The maximum atomic E-state index is 12.9. The molecule has 1 aromatic heterocycles. The fourth-order valence-corrected chi connectivity index (χ4v) is 2.85. The first-order chi connectivity index (χ1) is 10.1. The number of nitrogens with zero attached hydrogens (tertiary/aromatic N) is 2. The van der Waals surface area contributed by atoms with E-state index in [1.54, 1.807) is 12.1 Å². The van der Waals surface area contributed by atoms with Crippen molar-refractivity contribution in [3.63, 3.8) is 0 Å². The van der Waals surface area contributed by atoms with E-state index in [0.29, 0.717) is 6.54 Å². The number of thiazole rings is 1. The molecule has 0 radical (unpaired) electrons. The predicted octanol–water partition coefficient (Wildman–Crippen LogP) is 3.64. The van der Waals surface area contributed by atoms with Gasteiger partial charge in [-0.15, -0.1) is 11.3 Å². The van der Waals surface area contributed by atoms with Crippen LogP contribution in [-0.4, -0.2) is 29.1 Å². The molecule has 2 rings (SSSR count). The minimum atomic E-state index is -0.814. The zero-order chi connectivity index (χ0) is 15.2. The van der Waals surface area contributed by atoms with Gasteiger partial charge in [-0.3, -0.25) is 4.79 Å². The SMILES string of the molecule is CCCN(CCC(=O)O)c1nc(-c2ccc(F)cc2)cs1. The zero-order valence-corrected chi connectivity index (χ0v) is 12.6. The van der Waals surface area contributed by atoms with E-state index in [1.807, 2.05) is 17.2 Å². The number of hydrogen-bond donors (Lipinski definition) is 1. The van der Waals surface area contributed by atoms with Crippen LogP contribution in [0.15, 0.2) is 29.6 Å². The zero-order valence-electron chi connectivity index (χ0n) is 11.8. The van der Waals surface area contributed by atoms with Crippen molar-refractivity contribution in [3.8, 4) is 11.3 Å². The van der Waals surface area contributed by atoms with Gasteiger partial charge in [0.25, 0.3) is 0 Å². The molecule has 1 aromatic carbocycles. The minimum absolute atomic E-state index is 0.0888. The number of carbonyl (C=O) groups is 1. The second-order valence-electron chi connectivity index (χ2n) is 4.65. The number of aliphatic carboxylic acids is 1. The van der Waals surface area contributed by atoms with E-state index < -0.39 is 5.97 Å². The quantitative estimate of drug-likeness (QED) is 0.848. The summed E-state index contributed by atoms with van der Waals surface area (Å²) in [6, 6.07) is 6.19. The highest BCUT2D eigenvalue weighted by atomic mass is 32.1. The summed E-state index contributed by atoms with van der Waals surface area (Å²) in [6.07, 6.45) is 1.01. The highest BCUT2D eigenvalue weighted by molar-refractivity contribution is 7.14. The Balaban J connectivity index is 2.15. The van der Waals surface area contributed by atoms with Crippen molar-refractivity contribution >= 4 is 22.4 Å². The van der Waals surface area contributed by atoms with Crippen LogP contribution in [0.2, 0.25) is 0 Å². The Morgan fingerprint density at radius 3 is 2.67 bits per heavy atom. The smallest absolute Gasteiger partial charge is 0.305 e. The van der Waals surface area contributed by atoms with E-state index in [1.165, 1.54) is 23.5 Å². The molecule has 0 saturated heterocycles. The molecular weight excluding hydrogens is 291 g/mol. The topological polar surface area (TPSA) is 53.4 Å². The number of halogens is 1. The molecule has 0 amide bonds. The van der Waals surface area contributed by atoms with Gasteiger partial charge in [-0.25, -0.2) is 9.37 Å². The first-order valence-corrected chi connectivity index (χ1v) is 7.66. The van der Waals surface area contributed by atoms with E-state index in [-0.39, 0.29) is 12.2 Å². The van der Waals surface area contributed by atoms with Gasteiger partial charge in [0.2, 0.25) is 0 Å². The highest BCUT2D eigenvalue weighted by Gasteiger charge is 2.13. The molecule has 4 nitrogen and oxygen atoms in total. The summed E-state index contributed by atoms with van der Waals surface area (Å²) in [6.45, 7) is 3.26. The Kier molecular flexibility index (Phi) is 5.27. The Morgan fingerprint density at radius 1 is 1.33 bits per heavy atom. The summed E-state index contributed by atoms with van der Waals surface area (Å²) in [7, 11) is 0. The average molecular weight is 308 g/mol. The number of rotatable bonds is 7. The molecule has 0 atom stereocenters. The fourth-order valence-electron chi connectivity index (χ4n) is 1.97. The number of carboxylic acids is 1. The van der Waals surface area contributed by atoms with Crippen LogP contribution in [0, 0.1) is 5.82 Å². The Hall–Kier alpha value is -1.95. The maximum absolute atomic E-state index is 12.9. The molecule has 6 heteroatoms. The second kappa shape index (κ2) is 7.17. The van der Waals surface area contributed by atoms with Crippen LogP contribution in [0.1, 0.15) is 19.8 Å². The largest absolute Gasteiger partial charge is 0.481 e. The van der Waals surface area contributed by atoms with Crippen molar-refractivity contribution in [2.45, 2.75) is 19.8 Å². The molecule has 2 aromatic rings. The summed E-state index contributed by atoms with van der Waals surface area (Å²) in [5.41, 5.74) is 1.64. The van der Waals surface area contributed by atoms with Crippen LogP contribution < -0.4 is 4.90 Å². The number of benzene rings is 1. The predicted molar refractivity (Wildman–Crippen MR) is 82.3 cm³/mol. The van der Waals surface area contributed by atoms with Crippen LogP contribution in [-0.2, 0) is 4.79 Å². The maximum Gasteiger partial charge on any atom is 0.305 e. The normalized spacial score (nSPS) is 10.6. The first kappa shape index (κ1) is 15.4. The lowest BCUT2D eigenvalue weighted by Crippen LogP contribution is -2.26. The molecule has 112 valence electrons. The molecule has 1 N–H and O–H groups in total. The Morgan fingerprint density at radius 2 is 2.05 bits per heavy atom. The molecule has 1 heterocycles. The van der Waals surface area contributed by atoms with Crippen LogP contribution in [0.4, 0.5) is 9.52 Å². The third-order valence-corrected chi connectivity index (χ3v) is 3.89. The molecular formula is C15H17FN2O2S. The Labute approximate surface area is 126 Å². The highest BCUT2D eigenvalue weighted by Crippen LogP contribution is 2.27. The van der Waals surface area contributed by atoms with E-state index >= 15 is 0 Å². The number of hydrogen-bond acceptors (Lipinski definition) is 4. The van der Waals surface area contributed by atoms with Gasteiger partial charge < -0.3 is 10.0 Å². The summed E-state index contributed by atoms with van der Waals surface area (Å²) in [4.78, 5) is 17.2. The fraction of sp³-hybridized carbons (Fsp3) is 0.333. The number of aromatic nitrogens is 1. The molecule has 0 aliphatic rings. The Bertz CT molecular complexity index is 598. The van der Waals surface area contributed by atoms with Crippen molar-refractivity contribution in [3.05, 3.63) is 35.5 Å². The van der Waals surface area contributed by atoms with Gasteiger partial charge >= 0.3 is 5.97 Å². The van der Waals surface area contributed by atoms with E-state index in [2.05, 4.69) is 4.98 Å². The molecule has 0 spiro atoms. The van der Waals surface area contributed by atoms with Gasteiger partial charge in [0.15, 0.2) is 5.13 Å². The molecule has 0 unspecified atom stereocenters. The lowest BCUT2D eigenvalue weighted by atomic mass is 10.2. The summed E-state index contributed by atoms with van der Waals surface area (Å²) >= 11 is 1.48. The van der Waals surface area contributed by atoms with Gasteiger partial charge in [0, 0.05) is 24.0 Å². The van der Waals surface area contributed by atoms with E-state index in [4.69, 9.17) is 5.11 Å². The van der Waals surface area contributed by atoms with Crippen molar-refractivity contribution < 1.29 is 14.3 Å². The summed E-state index contributed by atoms with van der Waals surface area (Å²) in [5.74, 6) is -1.09. The minimum Gasteiger partial charge on any atom is -0.481 e. The summed E-state index contributed by atoms with van der Waals surface area (Å²) in [5, 5.41) is 11.5. The van der Waals surface area contributed by atoms with Crippen LogP contribution in [0.5, 0.6) is 0 Å². The van der Waals surface area contributed by atoms with E-state index in [9.17, 15) is 9.18 Å². The molecule has 0 saturated carbocycles. The summed E-state index contributed by atoms with van der Waals surface area (Å²) < 4.78 is 12.9. The number of carboxylic acid groups (broad SMARTS) is 1. The van der Waals surface area contributed by atoms with Gasteiger partial charge in [-0.2, -0.15) is 0 Å². The standard InChI is InChI=1S/C15H17FN2O2S/c1-2-8-18(9-7-14(19)20)15-17-13(10-21-15)11-3-5-12(16)6-4-11/h3-6,10H,2,7-9H2,1H3,(H,19,20). The monoisotopic (exact) mass is 308 g/mol. The average Bonchev–Trinajstić information content (AvgIpc) is 2.93.